The Kier molecular flexibility index (Phi) is 4.99. The minimum Gasteiger partial charge on any atom is -0.368 e. The number of thiophene rings is 1. The van der Waals surface area contributed by atoms with Gasteiger partial charge in [0.2, 0.25) is 5.91 Å². The van der Waals surface area contributed by atoms with Gasteiger partial charge in [0, 0.05) is 9.35 Å². The maximum absolute atomic E-state index is 12.0. The fourth-order valence-electron chi connectivity index (χ4n) is 1.06. The first-order chi connectivity index (χ1) is 7.70. The van der Waals surface area contributed by atoms with Crippen molar-refractivity contribution in [2.24, 2.45) is 5.73 Å². The van der Waals surface area contributed by atoms with Crippen molar-refractivity contribution in [3.8, 4) is 0 Å². The molecule has 0 aliphatic carbocycles. The zero-order chi connectivity index (χ0) is 13.2. The van der Waals surface area contributed by atoms with E-state index in [1.165, 1.54) is 0 Å². The molecule has 3 N–H and O–H groups in total. The van der Waals surface area contributed by atoms with E-state index in [2.05, 4.69) is 37.2 Å². The molecule has 0 fully saturated rings. The molecule has 1 rings (SSSR count). The van der Waals surface area contributed by atoms with Crippen molar-refractivity contribution in [2.75, 3.05) is 6.54 Å². The van der Waals surface area contributed by atoms with E-state index in [9.17, 15) is 18.0 Å². The Hall–Kier alpha value is -0.120. The first kappa shape index (κ1) is 14.9. The van der Waals surface area contributed by atoms with E-state index >= 15 is 0 Å². The summed E-state index contributed by atoms with van der Waals surface area (Å²) in [6, 6.07) is 0.400. The predicted molar refractivity (Wildman–Crippen MR) is 65.7 cm³/mol. The van der Waals surface area contributed by atoms with Crippen LogP contribution < -0.4 is 11.1 Å². The van der Waals surface area contributed by atoms with Crippen molar-refractivity contribution in [1.82, 2.24) is 5.32 Å². The summed E-state index contributed by atoms with van der Waals surface area (Å²) in [6.45, 7) is -1.27. The van der Waals surface area contributed by atoms with Crippen molar-refractivity contribution >= 4 is 49.1 Å². The molecular weight excluding hydrogens is 389 g/mol. The highest BCUT2D eigenvalue weighted by Crippen LogP contribution is 2.35. The standard InChI is InChI=1S/C8H7Br2F3N2OS/c9-3-1-4(17-6(3)10)5(7(14)16)15-2-8(11,12)13/h1,5,15H,2H2,(H2,14,16). The predicted octanol–water partition coefficient (Wildman–Crippen LogP) is 2.95. The second kappa shape index (κ2) is 5.68. The zero-order valence-corrected chi connectivity index (χ0v) is 12.1. The summed E-state index contributed by atoms with van der Waals surface area (Å²) < 4.78 is 37.5. The van der Waals surface area contributed by atoms with E-state index in [-0.39, 0.29) is 0 Å². The van der Waals surface area contributed by atoms with E-state index in [4.69, 9.17) is 5.73 Å². The SMILES string of the molecule is NC(=O)C(NCC(F)(F)F)c1cc(Br)c(Br)s1. The highest BCUT2D eigenvalue weighted by atomic mass is 79.9. The number of primary amides is 1. The molecule has 1 amide bonds. The maximum atomic E-state index is 12.0. The number of hydrogen-bond acceptors (Lipinski definition) is 3. The van der Waals surface area contributed by atoms with Gasteiger partial charge in [-0.15, -0.1) is 11.3 Å². The summed E-state index contributed by atoms with van der Waals surface area (Å²) in [7, 11) is 0. The van der Waals surface area contributed by atoms with Crippen LogP contribution in [0, 0.1) is 0 Å². The molecule has 0 spiro atoms. The van der Waals surface area contributed by atoms with E-state index in [1.807, 2.05) is 0 Å². The van der Waals surface area contributed by atoms with Crippen LogP contribution in [0.15, 0.2) is 14.3 Å². The molecule has 1 unspecified atom stereocenters. The van der Waals surface area contributed by atoms with Crippen LogP contribution in [0.2, 0.25) is 0 Å². The smallest absolute Gasteiger partial charge is 0.368 e. The third-order valence-corrected chi connectivity index (χ3v) is 5.06. The Morgan fingerprint density at radius 3 is 2.47 bits per heavy atom. The minimum atomic E-state index is -4.39. The normalized spacial score (nSPS) is 13.7. The molecule has 0 aromatic carbocycles. The maximum Gasteiger partial charge on any atom is 0.401 e. The highest BCUT2D eigenvalue weighted by molar-refractivity contribution is 9.13. The largest absolute Gasteiger partial charge is 0.401 e. The number of amides is 1. The summed E-state index contributed by atoms with van der Waals surface area (Å²) in [4.78, 5) is 11.5. The molecule has 1 atom stereocenters. The molecule has 9 heteroatoms. The number of nitrogens with one attached hydrogen (secondary N) is 1. The molecule has 0 saturated carbocycles. The summed E-state index contributed by atoms with van der Waals surface area (Å²) >= 11 is 7.52. The van der Waals surface area contributed by atoms with Crippen molar-refractivity contribution in [2.45, 2.75) is 12.2 Å². The average Bonchev–Trinajstić information content (AvgIpc) is 2.44. The topological polar surface area (TPSA) is 55.1 Å². The van der Waals surface area contributed by atoms with Crippen molar-refractivity contribution in [3.05, 3.63) is 19.2 Å². The monoisotopic (exact) mass is 394 g/mol. The Bertz CT molecular complexity index is 402. The van der Waals surface area contributed by atoms with Gasteiger partial charge in [0.15, 0.2) is 0 Å². The fraction of sp³-hybridized carbons (Fsp3) is 0.375. The summed E-state index contributed by atoms with van der Waals surface area (Å²) in [6.07, 6.45) is -4.39. The number of halogens is 5. The number of carbonyl (C=O) groups excluding carboxylic acids is 1. The van der Waals surface area contributed by atoms with Gasteiger partial charge in [-0.05, 0) is 37.9 Å². The second-order valence-electron chi connectivity index (χ2n) is 3.10. The molecule has 0 saturated heterocycles. The Labute approximate surface area is 116 Å². The Morgan fingerprint density at radius 2 is 2.12 bits per heavy atom. The Balaban J connectivity index is 2.83. The quantitative estimate of drug-likeness (QED) is 0.823. The van der Waals surface area contributed by atoms with Gasteiger partial charge >= 0.3 is 6.18 Å². The highest BCUT2D eigenvalue weighted by Gasteiger charge is 2.30. The number of nitrogens with two attached hydrogens (primary N) is 1. The van der Waals surface area contributed by atoms with Crippen LogP contribution in [-0.4, -0.2) is 18.6 Å². The van der Waals surface area contributed by atoms with Gasteiger partial charge in [0.1, 0.15) is 6.04 Å². The molecule has 1 aromatic heterocycles. The van der Waals surface area contributed by atoms with E-state index in [1.54, 1.807) is 6.07 Å². The number of hydrogen-bond donors (Lipinski definition) is 2. The van der Waals surface area contributed by atoms with Gasteiger partial charge in [-0.3, -0.25) is 10.1 Å². The lowest BCUT2D eigenvalue weighted by Crippen LogP contribution is -2.38. The lowest BCUT2D eigenvalue weighted by molar-refractivity contribution is -0.130. The van der Waals surface area contributed by atoms with Gasteiger partial charge in [0.25, 0.3) is 0 Å². The Morgan fingerprint density at radius 1 is 1.53 bits per heavy atom. The second-order valence-corrected chi connectivity index (χ2v) is 6.36. The van der Waals surface area contributed by atoms with Crippen LogP contribution in [0.1, 0.15) is 10.9 Å². The van der Waals surface area contributed by atoms with Gasteiger partial charge in [-0.2, -0.15) is 13.2 Å². The number of carbonyl (C=O) groups is 1. The molecule has 0 radical (unpaired) electrons. The zero-order valence-electron chi connectivity index (χ0n) is 8.15. The fourth-order valence-corrected chi connectivity index (χ4v) is 3.24. The third-order valence-electron chi connectivity index (χ3n) is 1.74. The average molecular weight is 396 g/mol. The van der Waals surface area contributed by atoms with Gasteiger partial charge in [-0.25, -0.2) is 0 Å². The first-order valence-electron chi connectivity index (χ1n) is 4.25. The lowest BCUT2D eigenvalue weighted by Gasteiger charge is -2.15. The van der Waals surface area contributed by atoms with Crippen molar-refractivity contribution < 1.29 is 18.0 Å². The van der Waals surface area contributed by atoms with Crippen molar-refractivity contribution in [3.63, 3.8) is 0 Å². The molecule has 0 aliphatic heterocycles. The molecule has 0 aliphatic rings. The molecule has 17 heavy (non-hydrogen) atoms. The summed E-state index contributed by atoms with van der Waals surface area (Å²) in [5, 5.41) is 2.09. The first-order valence-corrected chi connectivity index (χ1v) is 6.65. The van der Waals surface area contributed by atoms with Crippen LogP contribution in [0.4, 0.5) is 13.2 Å². The molecular formula is C8H7Br2F3N2OS. The van der Waals surface area contributed by atoms with Gasteiger partial charge in [0.05, 0.1) is 10.3 Å². The van der Waals surface area contributed by atoms with Crippen LogP contribution in [0.5, 0.6) is 0 Å². The van der Waals surface area contributed by atoms with Gasteiger partial charge < -0.3 is 5.73 Å². The van der Waals surface area contributed by atoms with E-state index in [0.29, 0.717) is 13.1 Å². The molecule has 1 aromatic rings. The van der Waals surface area contributed by atoms with E-state index in [0.717, 1.165) is 11.3 Å². The number of rotatable bonds is 4. The minimum absolute atomic E-state index is 0.417. The van der Waals surface area contributed by atoms with Crippen LogP contribution in [0.25, 0.3) is 0 Å². The van der Waals surface area contributed by atoms with Crippen LogP contribution >= 0.6 is 43.2 Å². The van der Waals surface area contributed by atoms with Gasteiger partial charge in [-0.1, -0.05) is 0 Å². The third kappa shape index (κ3) is 4.57. The summed E-state index contributed by atoms with van der Waals surface area (Å²) in [5.41, 5.74) is 5.06. The van der Waals surface area contributed by atoms with Crippen molar-refractivity contribution in [1.29, 1.82) is 0 Å². The van der Waals surface area contributed by atoms with E-state index < -0.39 is 24.7 Å². The molecule has 0 bridgehead atoms. The van der Waals surface area contributed by atoms with Crippen LogP contribution in [0.3, 0.4) is 0 Å². The van der Waals surface area contributed by atoms with Crippen LogP contribution in [-0.2, 0) is 4.79 Å². The summed E-state index contributed by atoms with van der Waals surface area (Å²) in [5.74, 6) is -0.851. The molecule has 96 valence electrons. The number of alkyl halides is 3. The lowest BCUT2D eigenvalue weighted by atomic mass is 10.2. The molecule has 3 nitrogen and oxygen atoms in total. The molecule has 1 heterocycles.